The predicted molar refractivity (Wildman–Crippen MR) is 89.4 cm³/mol. The molecule has 0 aliphatic carbocycles. The van der Waals surface area contributed by atoms with Gasteiger partial charge in [0.2, 0.25) is 0 Å². The van der Waals surface area contributed by atoms with Crippen molar-refractivity contribution in [3.8, 4) is 0 Å². The Morgan fingerprint density at radius 2 is 2.00 bits per heavy atom. The topological polar surface area (TPSA) is 84.1 Å². The standard InChI is InChI=1S/C18H17N3O3/c1-24-17(22)9-16(21-18(23)15-10-19-20-11-15)14-7-6-12-4-2-3-5-13(12)8-14/h2-8,10-11,16H,9H2,1H3,(H,19,20)(H,21,23). The number of amides is 1. The summed E-state index contributed by atoms with van der Waals surface area (Å²) in [6.07, 6.45) is 2.99. The molecule has 24 heavy (non-hydrogen) atoms. The van der Waals surface area contributed by atoms with Gasteiger partial charge in [0.25, 0.3) is 5.91 Å². The number of nitrogens with one attached hydrogen (secondary N) is 2. The summed E-state index contributed by atoms with van der Waals surface area (Å²) in [6.45, 7) is 0. The van der Waals surface area contributed by atoms with Crippen molar-refractivity contribution in [3.63, 3.8) is 0 Å². The Hall–Kier alpha value is -3.15. The van der Waals surface area contributed by atoms with Crippen LogP contribution < -0.4 is 5.32 Å². The fraction of sp³-hybridized carbons (Fsp3) is 0.167. The van der Waals surface area contributed by atoms with Gasteiger partial charge in [-0.25, -0.2) is 0 Å². The number of nitrogens with zero attached hydrogens (tertiary/aromatic N) is 1. The summed E-state index contributed by atoms with van der Waals surface area (Å²) in [5.41, 5.74) is 1.25. The number of hydrogen-bond donors (Lipinski definition) is 2. The van der Waals surface area contributed by atoms with Crippen LogP contribution in [-0.2, 0) is 9.53 Å². The number of benzene rings is 2. The van der Waals surface area contributed by atoms with E-state index in [1.807, 2.05) is 42.5 Å². The Balaban J connectivity index is 1.90. The van der Waals surface area contributed by atoms with Gasteiger partial charge in [0, 0.05) is 6.20 Å². The molecule has 3 rings (SSSR count). The SMILES string of the molecule is COC(=O)CC(NC(=O)c1cn[nH]c1)c1ccc2ccccc2c1. The minimum Gasteiger partial charge on any atom is -0.469 e. The maximum absolute atomic E-state index is 12.3. The van der Waals surface area contributed by atoms with Crippen LogP contribution in [0.25, 0.3) is 10.8 Å². The highest BCUT2D eigenvalue weighted by Crippen LogP contribution is 2.23. The lowest BCUT2D eigenvalue weighted by atomic mass is 9.99. The zero-order chi connectivity index (χ0) is 16.9. The van der Waals surface area contributed by atoms with Crippen LogP contribution >= 0.6 is 0 Å². The van der Waals surface area contributed by atoms with Crippen molar-refractivity contribution in [3.05, 3.63) is 66.0 Å². The summed E-state index contributed by atoms with van der Waals surface area (Å²) >= 11 is 0. The van der Waals surface area contributed by atoms with Gasteiger partial charge in [0.15, 0.2) is 0 Å². The molecular weight excluding hydrogens is 306 g/mol. The van der Waals surface area contributed by atoms with E-state index in [1.54, 1.807) is 0 Å². The van der Waals surface area contributed by atoms with Crippen molar-refractivity contribution < 1.29 is 14.3 Å². The van der Waals surface area contributed by atoms with E-state index in [-0.39, 0.29) is 18.3 Å². The molecule has 2 aromatic carbocycles. The van der Waals surface area contributed by atoms with Crippen LogP contribution in [0.5, 0.6) is 0 Å². The molecule has 122 valence electrons. The fourth-order valence-corrected chi connectivity index (χ4v) is 2.54. The Bertz CT molecular complexity index is 859. The number of hydrogen-bond acceptors (Lipinski definition) is 4. The average Bonchev–Trinajstić information content (AvgIpc) is 3.15. The molecule has 1 unspecified atom stereocenters. The van der Waals surface area contributed by atoms with Gasteiger partial charge in [0.1, 0.15) is 0 Å². The summed E-state index contributed by atoms with van der Waals surface area (Å²) in [4.78, 5) is 24.0. The number of carbonyl (C=O) groups excluding carboxylic acids is 2. The summed E-state index contributed by atoms with van der Waals surface area (Å²) in [7, 11) is 1.33. The van der Waals surface area contributed by atoms with Gasteiger partial charge in [-0.05, 0) is 22.4 Å². The summed E-state index contributed by atoms with van der Waals surface area (Å²) < 4.78 is 4.75. The second-order valence-electron chi connectivity index (χ2n) is 5.40. The monoisotopic (exact) mass is 323 g/mol. The van der Waals surface area contributed by atoms with Crippen LogP contribution in [-0.4, -0.2) is 29.2 Å². The van der Waals surface area contributed by atoms with Crippen molar-refractivity contribution in [1.82, 2.24) is 15.5 Å². The van der Waals surface area contributed by atoms with Gasteiger partial charge in [-0.3, -0.25) is 14.7 Å². The van der Waals surface area contributed by atoms with Crippen molar-refractivity contribution in [1.29, 1.82) is 0 Å². The van der Waals surface area contributed by atoms with Crippen LogP contribution in [0.15, 0.2) is 54.9 Å². The molecule has 0 saturated heterocycles. The molecule has 0 radical (unpaired) electrons. The van der Waals surface area contributed by atoms with Gasteiger partial charge >= 0.3 is 5.97 Å². The molecule has 0 spiro atoms. The average molecular weight is 323 g/mol. The van der Waals surface area contributed by atoms with Gasteiger partial charge < -0.3 is 10.1 Å². The van der Waals surface area contributed by atoms with Crippen LogP contribution in [0.3, 0.4) is 0 Å². The van der Waals surface area contributed by atoms with Crippen molar-refractivity contribution in [2.24, 2.45) is 0 Å². The molecule has 0 aliphatic heterocycles. The fourth-order valence-electron chi connectivity index (χ4n) is 2.54. The normalized spacial score (nSPS) is 11.9. The van der Waals surface area contributed by atoms with Gasteiger partial charge in [0.05, 0.1) is 31.3 Å². The highest BCUT2D eigenvalue weighted by Gasteiger charge is 2.20. The van der Waals surface area contributed by atoms with E-state index in [9.17, 15) is 9.59 Å². The molecule has 1 heterocycles. The van der Waals surface area contributed by atoms with E-state index >= 15 is 0 Å². The maximum Gasteiger partial charge on any atom is 0.307 e. The second kappa shape index (κ2) is 6.95. The third-order valence-electron chi connectivity index (χ3n) is 3.84. The molecule has 0 saturated carbocycles. The van der Waals surface area contributed by atoms with Gasteiger partial charge in [-0.2, -0.15) is 5.10 Å². The van der Waals surface area contributed by atoms with E-state index in [0.29, 0.717) is 5.56 Å². The number of aromatic amines is 1. The van der Waals surface area contributed by atoms with Crippen LogP contribution in [0.4, 0.5) is 0 Å². The summed E-state index contributed by atoms with van der Waals surface area (Å²) in [5.74, 6) is -0.688. The number of carbonyl (C=O) groups is 2. The van der Waals surface area contributed by atoms with E-state index in [0.717, 1.165) is 16.3 Å². The minimum atomic E-state index is -0.482. The quantitative estimate of drug-likeness (QED) is 0.707. The Kier molecular flexibility index (Phi) is 4.56. The molecule has 0 fully saturated rings. The lowest BCUT2D eigenvalue weighted by Gasteiger charge is -2.18. The van der Waals surface area contributed by atoms with Crippen LogP contribution in [0.2, 0.25) is 0 Å². The first-order chi connectivity index (χ1) is 11.7. The Morgan fingerprint density at radius 3 is 2.71 bits per heavy atom. The maximum atomic E-state index is 12.3. The zero-order valence-corrected chi connectivity index (χ0v) is 13.2. The summed E-state index contributed by atoms with van der Waals surface area (Å²) in [5, 5.41) is 11.4. The van der Waals surface area contributed by atoms with Crippen molar-refractivity contribution in [2.45, 2.75) is 12.5 Å². The zero-order valence-electron chi connectivity index (χ0n) is 13.2. The first-order valence-electron chi connectivity index (χ1n) is 7.52. The van der Waals surface area contributed by atoms with Crippen molar-refractivity contribution in [2.75, 3.05) is 7.11 Å². The number of esters is 1. The molecule has 3 aromatic rings. The number of ether oxygens (including phenoxy) is 1. The number of methoxy groups -OCH3 is 1. The van der Waals surface area contributed by atoms with E-state index in [4.69, 9.17) is 4.74 Å². The number of rotatable bonds is 5. The van der Waals surface area contributed by atoms with E-state index in [2.05, 4.69) is 15.5 Å². The first kappa shape index (κ1) is 15.7. The first-order valence-corrected chi connectivity index (χ1v) is 7.52. The Morgan fingerprint density at radius 1 is 1.21 bits per heavy atom. The third kappa shape index (κ3) is 3.43. The van der Waals surface area contributed by atoms with Crippen molar-refractivity contribution >= 4 is 22.6 Å². The molecule has 2 N–H and O–H groups in total. The molecule has 6 heteroatoms. The molecule has 6 nitrogen and oxygen atoms in total. The van der Waals surface area contributed by atoms with Gasteiger partial charge in [-0.15, -0.1) is 0 Å². The number of H-pyrrole nitrogens is 1. The molecule has 1 amide bonds. The largest absolute Gasteiger partial charge is 0.469 e. The number of aromatic nitrogens is 2. The third-order valence-corrected chi connectivity index (χ3v) is 3.84. The summed E-state index contributed by atoms with van der Waals surface area (Å²) in [6, 6.07) is 13.3. The van der Waals surface area contributed by atoms with Crippen LogP contribution in [0, 0.1) is 0 Å². The molecule has 0 aliphatic rings. The predicted octanol–water partition coefficient (Wildman–Crippen LogP) is 2.60. The van der Waals surface area contributed by atoms with Crippen LogP contribution in [0.1, 0.15) is 28.4 Å². The smallest absolute Gasteiger partial charge is 0.307 e. The van der Waals surface area contributed by atoms with E-state index in [1.165, 1.54) is 19.5 Å². The molecule has 0 bridgehead atoms. The second-order valence-corrected chi connectivity index (χ2v) is 5.40. The lowest BCUT2D eigenvalue weighted by Crippen LogP contribution is -2.30. The number of fused-ring (bicyclic) bond motifs is 1. The van der Waals surface area contributed by atoms with E-state index < -0.39 is 6.04 Å². The molecule has 1 aromatic heterocycles. The van der Waals surface area contributed by atoms with Gasteiger partial charge in [-0.1, -0.05) is 36.4 Å². The molecule has 1 atom stereocenters. The minimum absolute atomic E-state index is 0.0540. The highest BCUT2D eigenvalue weighted by molar-refractivity contribution is 5.94. The lowest BCUT2D eigenvalue weighted by molar-refractivity contribution is -0.141. The molecular formula is C18H17N3O3. The Labute approximate surface area is 138 Å². The highest BCUT2D eigenvalue weighted by atomic mass is 16.5.